The first-order valence-corrected chi connectivity index (χ1v) is 18.3. The number of ether oxygens (including phenoxy) is 1. The fourth-order valence-electron chi connectivity index (χ4n) is 9.54. The maximum atomic E-state index is 7.51. The molecule has 6 heteroatoms. The molecular weight excluding hydrogens is 536 g/mol. The van der Waals surface area contributed by atoms with Crippen LogP contribution in [0.15, 0.2) is 18.2 Å². The number of piperidine rings is 1. The van der Waals surface area contributed by atoms with E-state index >= 15 is 0 Å². The zero-order valence-electron chi connectivity index (χ0n) is 27.6. The van der Waals surface area contributed by atoms with Crippen LogP contribution >= 0.6 is 11.9 Å². The molecule has 0 radical (unpaired) electrons. The zero-order chi connectivity index (χ0) is 29.6. The summed E-state index contributed by atoms with van der Waals surface area (Å²) in [6, 6.07) is 7.55. The Morgan fingerprint density at radius 1 is 0.976 bits per heavy atom. The van der Waals surface area contributed by atoms with Gasteiger partial charge in [0.25, 0.3) is 0 Å². The molecular formula is C36H60N4OS. The normalized spacial score (nSPS) is 41.3. The Balaban J connectivity index is 1.35. The van der Waals surface area contributed by atoms with Crippen LogP contribution in [0.3, 0.4) is 0 Å². The number of nitrogens with zero attached hydrogens (tertiary/aromatic N) is 1. The first-order valence-electron chi connectivity index (χ1n) is 17.4. The van der Waals surface area contributed by atoms with Crippen LogP contribution in [0.25, 0.3) is 0 Å². The van der Waals surface area contributed by atoms with Crippen molar-refractivity contribution in [2.24, 2.45) is 35.0 Å². The minimum atomic E-state index is 0.0362. The van der Waals surface area contributed by atoms with Crippen LogP contribution in [0.5, 0.6) is 0 Å². The van der Waals surface area contributed by atoms with Crippen LogP contribution in [0.1, 0.15) is 115 Å². The summed E-state index contributed by atoms with van der Waals surface area (Å²) in [6.07, 6.45) is 12.1. The Hall–Kier alpha value is -0.630. The van der Waals surface area contributed by atoms with Gasteiger partial charge in [0.05, 0.1) is 6.10 Å². The molecule has 3 heterocycles. The average Bonchev–Trinajstić information content (AvgIpc) is 2.92. The molecule has 0 spiro atoms. The lowest BCUT2D eigenvalue weighted by Gasteiger charge is -2.55. The molecule has 1 aromatic rings. The van der Waals surface area contributed by atoms with Crippen LogP contribution in [-0.2, 0) is 4.74 Å². The van der Waals surface area contributed by atoms with Crippen LogP contribution in [-0.4, -0.2) is 47.9 Å². The summed E-state index contributed by atoms with van der Waals surface area (Å²) in [6.45, 7) is 19.4. The molecule has 5 nitrogen and oxygen atoms in total. The molecule has 1 aromatic carbocycles. The minimum Gasteiger partial charge on any atom is -0.358 e. The molecule has 3 saturated heterocycles. The number of rotatable bonds is 3. The van der Waals surface area contributed by atoms with Crippen molar-refractivity contribution in [2.45, 2.75) is 142 Å². The van der Waals surface area contributed by atoms with E-state index in [1.165, 1.54) is 81.1 Å². The molecule has 9 unspecified atom stereocenters. The van der Waals surface area contributed by atoms with E-state index in [0.717, 1.165) is 24.2 Å². The van der Waals surface area contributed by atoms with Gasteiger partial charge in [-0.25, -0.2) is 4.72 Å². The van der Waals surface area contributed by atoms with Crippen LogP contribution in [0, 0.1) is 48.9 Å². The van der Waals surface area contributed by atoms with Crippen molar-refractivity contribution in [3.63, 3.8) is 0 Å². The largest absolute Gasteiger partial charge is 0.358 e. The highest BCUT2D eigenvalue weighted by atomic mass is 32.2. The lowest BCUT2D eigenvalue weighted by Crippen LogP contribution is -2.65. The number of aryl methyl sites for hydroxylation is 2. The maximum Gasteiger partial charge on any atom is 0.123 e. The van der Waals surface area contributed by atoms with Crippen molar-refractivity contribution >= 4 is 11.9 Å². The van der Waals surface area contributed by atoms with Gasteiger partial charge in [0.2, 0.25) is 0 Å². The number of nitrogens with one attached hydrogen (secondary N) is 3. The summed E-state index contributed by atoms with van der Waals surface area (Å²) >= 11 is 1.98. The third-order valence-electron chi connectivity index (χ3n) is 11.7. The molecule has 5 aliphatic rings. The zero-order valence-corrected chi connectivity index (χ0v) is 28.4. The number of fused-ring (bicyclic) bond motifs is 8. The second kappa shape index (κ2) is 13.0. The smallest absolute Gasteiger partial charge is 0.123 e. The fourth-order valence-corrected chi connectivity index (χ4v) is 10.7. The van der Waals surface area contributed by atoms with Crippen molar-refractivity contribution in [3.8, 4) is 0 Å². The first kappa shape index (κ1) is 31.4. The summed E-state index contributed by atoms with van der Waals surface area (Å²) in [4.78, 5) is 2.97. The van der Waals surface area contributed by atoms with Gasteiger partial charge in [-0.2, -0.15) is 0 Å². The van der Waals surface area contributed by atoms with Crippen LogP contribution < -0.4 is 15.4 Å². The van der Waals surface area contributed by atoms with Crippen molar-refractivity contribution in [1.82, 2.24) is 20.3 Å². The Labute approximate surface area is 261 Å². The first-order chi connectivity index (χ1) is 20.0. The van der Waals surface area contributed by atoms with Crippen molar-refractivity contribution < 1.29 is 4.74 Å². The highest BCUT2D eigenvalue weighted by molar-refractivity contribution is 7.98. The second-order valence-corrected chi connectivity index (χ2v) is 17.4. The highest BCUT2D eigenvalue weighted by Gasteiger charge is 2.49. The van der Waals surface area contributed by atoms with Gasteiger partial charge in [0.1, 0.15) is 12.5 Å². The minimum absolute atomic E-state index is 0.0362. The molecule has 6 rings (SSSR count). The van der Waals surface area contributed by atoms with Gasteiger partial charge in [0.15, 0.2) is 0 Å². The fraction of sp³-hybridized carbons (Fsp3) is 0.833. The lowest BCUT2D eigenvalue weighted by atomic mass is 9.61. The Morgan fingerprint density at radius 3 is 2.50 bits per heavy atom. The maximum absolute atomic E-state index is 7.51. The van der Waals surface area contributed by atoms with Gasteiger partial charge in [-0.05, 0) is 110 Å². The predicted molar refractivity (Wildman–Crippen MR) is 177 cm³/mol. The predicted octanol–water partition coefficient (Wildman–Crippen LogP) is 7.54. The van der Waals surface area contributed by atoms with Gasteiger partial charge in [-0.1, -0.05) is 71.2 Å². The van der Waals surface area contributed by atoms with E-state index in [4.69, 9.17) is 4.74 Å². The monoisotopic (exact) mass is 596 g/mol. The third-order valence-corrected chi connectivity index (χ3v) is 12.8. The lowest BCUT2D eigenvalue weighted by molar-refractivity contribution is -0.167. The molecule has 0 amide bonds. The molecule has 3 N–H and O–H groups in total. The van der Waals surface area contributed by atoms with E-state index in [0.29, 0.717) is 34.6 Å². The molecule has 3 aliphatic heterocycles. The van der Waals surface area contributed by atoms with Crippen LogP contribution in [0.2, 0.25) is 0 Å². The van der Waals surface area contributed by atoms with Crippen molar-refractivity contribution in [3.05, 3.63) is 34.9 Å². The quantitative estimate of drug-likeness (QED) is 0.314. The van der Waals surface area contributed by atoms with Gasteiger partial charge >= 0.3 is 0 Å². The number of hydrogen-bond acceptors (Lipinski definition) is 6. The van der Waals surface area contributed by atoms with E-state index in [9.17, 15) is 0 Å². The van der Waals surface area contributed by atoms with Crippen LogP contribution in [0.4, 0.5) is 0 Å². The molecule has 42 heavy (non-hydrogen) atoms. The molecule has 0 aromatic heterocycles. The van der Waals surface area contributed by atoms with E-state index in [1.807, 2.05) is 11.9 Å². The summed E-state index contributed by atoms with van der Waals surface area (Å²) in [5.41, 5.74) is 4.62. The third kappa shape index (κ3) is 6.94. The van der Waals surface area contributed by atoms with Crippen molar-refractivity contribution in [2.75, 3.05) is 13.1 Å². The molecule has 2 saturated carbocycles. The standard InChI is InChI=1S/C36H60N4OS/c1-22(2)16-31-34-29-15-14-27(36(5,6)7)18-26(29)21-40(31)20-25-12-9-13-28(17-25)42-39-35-37-30(19-32(38-35)41-34)33-23(3)10-8-11-24(33)4/h8,10-11,22,25-32,34-35,37-39H,9,12-21H2,1-7H3/t25?,26?,27?,28?,29?,30?,31-,32?,34+,35?/m1/s1. The summed E-state index contributed by atoms with van der Waals surface area (Å²) < 4.78 is 11.4. The number of hydrogen-bond donors (Lipinski definition) is 3. The molecule has 236 valence electrons. The summed E-state index contributed by atoms with van der Waals surface area (Å²) in [5.74, 6) is 3.72. The topological polar surface area (TPSA) is 48.6 Å². The molecule has 5 fully saturated rings. The van der Waals surface area contributed by atoms with Gasteiger partial charge < -0.3 is 4.74 Å². The SMILES string of the molecule is Cc1cccc(C)c1C1CC2NC(NSC3CCCC(C3)CN3CC4CC(C(C)(C)C)CCC4[C@H](O2)[C@H]3CC(C)C)N1. The van der Waals surface area contributed by atoms with Gasteiger partial charge in [-0.15, -0.1) is 0 Å². The van der Waals surface area contributed by atoms with Gasteiger partial charge in [0, 0.05) is 36.8 Å². The Bertz CT molecular complexity index is 1040. The Morgan fingerprint density at radius 2 is 1.76 bits per heavy atom. The van der Waals surface area contributed by atoms with E-state index in [2.05, 4.69) is 86.9 Å². The van der Waals surface area contributed by atoms with E-state index in [-0.39, 0.29) is 18.6 Å². The van der Waals surface area contributed by atoms with E-state index in [1.54, 1.807) is 0 Å². The highest BCUT2D eigenvalue weighted by Crippen LogP contribution is 2.49. The molecule has 6 bridgehead atoms. The van der Waals surface area contributed by atoms with Gasteiger partial charge in [-0.3, -0.25) is 15.5 Å². The summed E-state index contributed by atoms with van der Waals surface area (Å²) in [7, 11) is 0. The van der Waals surface area contributed by atoms with Crippen molar-refractivity contribution in [1.29, 1.82) is 0 Å². The second-order valence-electron chi connectivity index (χ2n) is 16.3. The number of benzene rings is 1. The van der Waals surface area contributed by atoms with E-state index < -0.39 is 0 Å². The molecule has 11 atom stereocenters. The Kier molecular flexibility index (Phi) is 9.71. The summed E-state index contributed by atoms with van der Waals surface area (Å²) in [5, 5.41) is 8.58. The average molecular weight is 597 g/mol. The molecule has 2 aliphatic carbocycles.